The predicted molar refractivity (Wildman–Crippen MR) is 240 cm³/mol. The molecule has 67 heavy (non-hydrogen) atoms. The molecule has 3 aromatic carbocycles. The highest BCUT2D eigenvalue weighted by Crippen LogP contribution is 2.68. The molecule has 0 radical (unpaired) electrons. The quantitative estimate of drug-likeness (QED) is 0.149. The largest absolute Gasteiger partial charge is 0.494 e. The molecule has 4 aromatic heterocycles. The van der Waals surface area contributed by atoms with Crippen molar-refractivity contribution in [2.45, 2.75) is 63.2 Å². The number of hydrogen-bond acceptors (Lipinski definition) is 5. The SMILES string of the molecule is COc1c(C#N)sc(C)c1C1=C(c2c(C)n(C)c3ccccc23)C(F)(F)C(F)(F)C1(F)F.Cc1sc(-c2ccccc2)cc1C1=C(c2cc(-c3ccccc3)sc2C)C(F)(F)C(F)(F)C1(F)F. The molecule has 18 heteroatoms. The number of hydrogen-bond donors (Lipinski definition) is 0. The summed E-state index contributed by atoms with van der Waals surface area (Å²) >= 11 is 2.92. The number of nitrogens with zero attached hydrogens (tertiary/aromatic N) is 2. The van der Waals surface area contributed by atoms with Gasteiger partial charge in [0.2, 0.25) is 0 Å². The number of halogens is 12. The molecular formula is C49H34F12N2OS3. The molecular weight excluding hydrogens is 957 g/mol. The van der Waals surface area contributed by atoms with Crippen molar-refractivity contribution in [3.63, 3.8) is 0 Å². The van der Waals surface area contributed by atoms with Crippen molar-refractivity contribution < 1.29 is 57.4 Å². The molecule has 0 amide bonds. The average molecular weight is 991 g/mol. The number of fused-ring (bicyclic) bond motifs is 1. The Hall–Kier alpha value is -5.77. The summed E-state index contributed by atoms with van der Waals surface area (Å²) in [6.07, 6.45) is 0. The van der Waals surface area contributed by atoms with E-state index in [0.717, 1.165) is 29.8 Å². The number of allylic oxidation sites excluding steroid dienone is 4. The fourth-order valence-corrected chi connectivity index (χ4v) is 11.7. The van der Waals surface area contributed by atoms with Gasteiger partial charge in [-0.2, -0.15) is 57.9 Å². The Morgan fingerprint density at radius 1 is 0.522 bits per heavy atom. The number of aromatic nitrogens is 1. The summed E-state index contributed by atoms with van der Waals surface area (Å²) in [6.45, 7) is 5.67. The lowest BCUT2D eigenvalue weighted by Crippen LogP contribution is -2.49. The van der Waals surface area contributed by atoms with Gasteiger partial charge in [-0.1, -0.05) is 78.9 Å². The van der Waals surface area contributed by atoms with Crippen LogP contribution in [0.5, 0.6) is 5.75 Å². The van der Waals surface area contributed by atoms with Crippen LogP contribution in [0.2, 0.25) is 0 Å². The molecule has 7 aromatic rings. The van der Waals surface area contributed by atoms with Gasteiger partial charge in [0.25, 0.3) is 0 Å². The Morgan fingerprint density at radius 3 is 1.36 bits per heavy atom. The third kappa shape index (κ3) is 6.81. The Labute approximate surface area is 387 Å². The van der Waals surface area contributed by atoms with Gasteiger partial charge in [0, 0.05) is 81.4 Å². The Kier molecular flexibility index (Phi) is 11.5. The number of nitriles is 1. The maximum absolute atomic E-state index is 15.3. The van der Waals surface area contributed by atoms with Gasteiger partial charge < -0.3 is 9.30 Å². The normalized spacial score (nSPS) is 18.6. The number of alkyl halides is 12. The van der Waals surface area contributed by atoms with E-state index in [9.17, 15) is 22.8 Å². The van der Waals surface area contributed by atoms with Gasteiger partial charge in [-0.25, -0.2) is 0 Å². The molecule has 0 N–H and O–H groups in total. The highest BCUT2D eigenvalue weighted by Gasteiger charge is 2.82. The molecule has 0 unspecified atom stereocenters. The molecule has 3 nitrogen and oxygen atoms in total. The molecule has 0 aliphatic heterocycles. The smallest absolute Gasteiger partial charge is 0.380 e. The fraction of sp³-hybridized carbons (Fsp3) is 0.245. The van der Waals surface area contributed by atoms with Crippen LogP contribution in [0, 0.1) is 39.0 Å². The zero-order valence-corrected chi connectivity index (χ0v) is 38.3. The summed E-state index contributed by atoms with van der Waals surface area (Å²) in [5.74, 6) is -32.2. The predicted octanol–water partition coefficient (Wildman–Crippen LogP) is 16.2. The summed E-state index contributed by atoms with van der Waals surface area (Å²) in [5.41, 5.74) is -5.19. The molecule has 9 rings (SSSR count). The summed E-state index contributed by atoms with van der Waals surface area (Å²) in [4.78, 5) is 1.42. The average Bonchev–Trinajstić information content (AvgIpc) is 4.05. The molecule has 0 saturated carbocycles. The third-order valence-corrected chi connectivity index (χ3v) is 15.3. The van der Waals surface area contributed by atoms with Gasteiger partial charge in [-0.3, -0.25) is 0 Å². The molecule has 348 valence electrons. The van der Waals surface area contributed by atoms with Crippen LogP contribution in [0.1, 0.15) is 47.5 Å². The lowest BCUT2D eigenvalue weighted by molar-refractivity contribution is -0.254. The second-order valence-corrected chi connectivity index (χ2v) is 19.6. The van der Waals surface area contributed by atoms with E-state index in [2.05, 4.69) is 0 Å². The van der Waals surface area contributed by atoms with Crippen molar-refractivity contribution in [3.8, 4) is 32.7 Å². The van der Waals surface area contributed by atoms with Gasteiger partial charge in [-0.05, 0) is 68.1 Å². The zero-order valence-electron chi connectivity index (χ0n) is 35.8. The number of methoxy groups -OCH3 is 1. The van der Waals surface area contributed by atoms with Crippen molar-refractivity contribution in [3.05, 3.63) is 145 Å². The summed E-state index contributed by atoms with van der Waals surface area (Å²) < 4.78 is 188. The molecule has 0 fully saturated rings. The van der Waals surface area contributed by atoms with Crippen molar-refractivity contribution in [1.29, 1.82) is 5.26 Å². The Bertz CT molecular complexity index is 3090. The number of aryl methyl sites for hydroxylation is 4. The molecule has 0 bridgehead atoms. The van der Waals surface area contributed by atoms with Crippen LogP contribution >= 0.6 is 34.0 Å². The minimum Gasteiger partial charge on any atom is -0.494 e. The second-order valence-electron chi connectivity index (χ2n) is 15.9. The van der Waals surface area contributed by atoms with Gasteiger partial charge in [-0.15, -0.1) is 34.0 Å². The molecule has 0 saturated heterocycles. The van der Waals surface area contributed by atoms with Crippen LogP contribution in [0.15, 0.2) is 97.1 Å². The van der Waals surface area contributed by atoms with Gasteiger partial charge in [0.1, 0.15) is 10.9 Å². The lowest BCUT2D eigenvalue weighted by atomic mass is 9.92. The molecule has 2 aliphatic rings. The highest BCUT2D eigenvalue weighted by molar-refractivity contribution is 7.16. The van der Waals surface area contributed by atoms with Crippen LogP contribution in [-0.2, 0) is 7.05 Å². The first kappa shape index (κ1) is 47.7. The Morgan fingerprint density at radius 2 is 0.925 bits per heavy atom. The van der Waals surface area contributed by atoms with Crippen molar-refractivity contribution in [2.75, 3.05) is 7.11 Å². The van der Waals surface area contributed by atoms with E-state index in [4.69, 9.17) is 4.74 Å². The standard InChI is InChI=1S/C27H18F6S2.C22H16F6N2OS/c1-15-19(13-21(34-15)17-9-5-3-6-10-17)23-24(26(30,31)27(32,33)25(23,28)29)20-14-22(35-16(20)2)18-11-7-4-8-12-18;1-10-15(12-7-5-6-8-13(12)30(10)3)17-18(21(25,26)22(27,28)20(17,23)24)16-11(2)32-14(9-29)19(16)31-4/h3-14H,1-2H3;5-8H,1-4H3. The van der Waals surface area contributed by atoms with Crippen LogP contribution in [0.25, 0.3) is 54.1 Å². The first-order valence-corrected chi connectivity index (χ1v) is 22.5. The van der Waals surface area contributed by atoms with Crippen molar-refractivity contribution in [2.24, 2.45) is 7.05 Å². The number of ether oxygens (including phenoxy) is 1. The molecule has 4 heterocycles. The van der Waals surface area contributed by atoms with E-state index in [1.807, 2.05) is 0 Å². The number of thiophene rings is 3. The minimum absolute atomic E-state index is 0.00281. The summed E-state index contributed by atoms with van der Waals surface area (Å²) in [5, 5.41) is 9.45. The molecule has 2 aliphatic carbocycles. The summed E-state index contributed by atoms with van der Waals surface area (Å²) in [7, 11) is 2.60. The Balaban J connectivity index is 0.000000182. The van der Waals surface area contributed by atoms with Crippen LogP contribution in [-0.4, -0.2) is 47.2 Å². The van der Waals surface area contributed by atoms with E-state index in [1.165, 1.54) is 63.6 Å². The van der Waals surface area contributed by atoms with Crippen molar-refractivity contribution in [1.82, 2.24) is 4.57 Å². The third-order valence-electron chi connectivity index (χ3n) is 12.1. The number of rotatable bonds is 7. The fourth-order valence-electron chi connectivity index (χ4n) is 8.69. The van der Waals surface area contributed by atoms with Gasteiger partial charge in [0.05, 0.1) is 7.11 Å². The van der Waals surface area contributed by atoms with E-state index in [1.54, 1.807) is 78.9 Å². The molecule has 0 atom stereocenters. The van der Waals surface area contributed by atoms with E-state index in [-0.39, 0.29) is 47.3 Å². The van der Waals surface area contributed by atoms with E-state index in [0.29, 0.717) is 37.7 Å². The van der Waals surface area contributed by atoms with E-state index < -0.39 is 69.1 Å². The summed E-state index contributed by atoms with van der Waals surface area (Å²) in [6, 6.07) is 28.1. The van der Waals surface area contributed by atoms with Gasteiger partial charge >= 0.3 is 35.5 Å². The first-order chi connectivity index (χ1) is 31.3. The number of para-hydroxylation sites is 1. The van der Waals surface area contributed by atoms with E-state index >= 15 is 35.1 Å². The monoisotopic (exact) mass is 990 g/mol. The van der Waals surface area contributed by atoms with Crippen LogP contribution < -0.4 is 4.74 Å². The highest BCUT2D eigenvalue weighted by atomic mass is 32.1. The molecule has 0 spiro atoms. The van der Waals surface area contributed by atoms with Crippen molar-refractivity contribution >= 4 is 67.2 Å². The maximum Gasteiger partial charge on any atom is 0.380 e. The maximum atomic E-state index is 15.3. The van der Waals surface area contributed by atoms with Crippen LogP contribution in [0.4, 0.5) is 52.7 Å². The van der Waals surface area contributed by atoms with Gasteiger partial charge in [0.15, 0.2) is 5.75 Å². The number of benzene rings is 3. The zero-order chi connectivity index (χ0) is 49.0. The first-order valence-electron chi connectivity index (χ1n) is 20.0. The second kappa shape index (κ2) is 16.2. The van der Waals surface area contributed by atoms with Crippen LogP contribution in [0.3, 0.4) is 0 Å². The lowest BCUT2D eigenvalue weighted by Gasteiger charge is -2.26. The topological polar surface area (TPSA) is 37.9 Å². The minimum atomic E-state index is -5.69.